The molecular weight excluding hydrogens is 1450 g/mol. The number of phosphoric ester groups is 2. The highest BCUT2D eigenvalue weighted by molar-refractivity contribution is 7.49. The summed E-state index contributed by atoms with van der Waals surface area (Å²) in [6.07, 6.45) is -9.82. The molecule has 3 N–H and O–H groups in total. The molecule has 4 unspecified atom stereocenters. The molecule has 554 valence electrons. The minimum atomic E-state index is -5.44. The van der Waals surface area contributed by atoms with Crippen LogP contribution in [-0.2, 0) is 61.1 Å². The van der Waals surface area contributed by atoms with E-state index < -0.39 is 125 Å². The van der Waals surface area contributed by atoms with Crippen LogP contribution in [0.15, 0.2) is 145 Å². The van der Waals surface area contributed by atoms with Crippen molar-refractivity contribution in [2.75, 3.05) is 50.8 Å². The van der Waals surface area contributed by atoms with Crippen LogP contribution in [0.25, 0.3) is 11.2 Å². The number of hydrogen-bond acceptors (Lipinski definition) is 27. The number of aliphatic hydroxyl groups excluding tert-OH is 1. The molecule has 0 spiro atoms. The van der Waals surface area contributed by atoms with E-state index in [-0.39, 0.29) is 92.3 Å². The molecule has 12 atom stereocenters. The number of rotatable bonds is 29. The lowest BCUT2D eigenvalue weighted by molar-refractivity contribution is -0.385. The first-order valence-electron chi connectivity index (χ1n) is 33.3. The van der Waals surface area contributed by atoms with E-state index in [2.05, 4.69) is 25.6 Å². The van der Waals surface area contributed by atoms with Crippen molar-refractivity contribution in [3.05, 3.63) is 187 Å². The summed E-state index contributed by atoms with van der Waals surface area (Å²) in [6, 6.07) is 33.5. The first-order chi connectivity index (χ1) is 50.6. The van der Waals surface area contributed by atoms with Crippen LogP contribution in [0.5, 0.6) is 28.9 Å². The largest absolute Gasteiger partial charge is 0.530 e. The maximum Gasteiger partial charge on any atom is 0.530 e. The summed E-state index contributed by atoms with van der Waals surface area (Å²) in [5.41, 5.74) is -0.580. The van der Waals surface area contributed by atoms with Crippen LogP contribution in [0, 0.1) is 21.4 Å². The predicted octanol–water partition coefficient (Wildman–Crippen LogP) is 12.6. The molecular formula is C69H72Cl2N10O22P2. The second kappa shape index (κ2) is 33.7. The molecule has 0 saturated carbocycles. The number of hydrogen-bond donors (Lipinski definition) is 3. The molecule has 5 aromatic carbocycles. The van der Waals surface area contributed by atoms with Crippen molar-refractivity contribution in [3.8, 4) is 34.9 Å². The van der Waals surface area contributed by atoms with Crippen molar-refractivity contribution >= 4 is 79.3 Å². The maximum absolute atomic E-state index is 16.4. The molecule has 36 heteroatoms. The molecule has 0 aliphatic carbocycles. The summed E-state index contributed by atoms with van der Waals surface area (Å²) >= 11 is 13.3. The van der Waals surface area contributed by atoms with E-state index in [1.165, 1.54) is 103 Å². The summed E-state index contributed by atoms with van der Waals surface area (Å²) in [4.78, 5) is 71.8. The molecule has 4 fully saturated rings. The summed E-state index contributed by atoms with van der Waals surface area (Å²) in [6.45, 7) is 4.17. The van der Waals surface area contributed by atoms with Crippen LogP contribution in [0.1, 0.15) is 104 Å². The number of nitriles is 1. The Morgan fingerprint density at radius 1 is 0.714 bits per heavy atom. The third-order valence-corrected chi connectivity index (χ3v) is 20.4. The molecule has 32 nitrogen and oxygen atoms in total. The normalized spacial score (nSPS) is 23.0. The van der Waals surface area contributed by atoms with Gasteiger partial charge in [0.05, 0.1) is 60.7 Å². The summed E-state index contributed by atoms with van der Waals surface area (Å²) in [5, 5.41) is 38.7. The Morgan fingerprint density at radius 2 is 1.28 bits per heavy atom. The number of nitrogens with one attached hydrogen (secondary N) is 2. The van der Waals surface area contributed by atoms with Gasteiger partial charge < -0.3 is 57.4 Å². The molecule has 105 heavy (non-hydrogen) atoms. The number of benzene rings is 5. The fraction of sp³-hybridized carbons (Fsp3) is 0.391. The fourth-order valence-corrected chi connectivity index (χ4v) is 15.0. The number of phosphoric acid groups is 2. The lowest BCUT2D eigenvalue weighted by Crippen LogP contribution is -2.43. The molecule has 8 aromatic rings. The third kappa shape index (κ3) is 18.3. The fourth-order valence-electron chi connectivity index (χ4n) is 11.7. The van der Waals surface area contributed by atoms with Gasteiger partial charge in [-0.15, -0.1) is 0 Å². The second-order valence-electron chi connectivity index (χ2n) is 25.2. The van der Waals surface area contributed by atoms with Crippen LogP contribution in [0.2, 0.25) is 10.0 Å². The average Bonchev–Trinajstić information content (AvgIpc) is 1.60. The lowest BCUT2D eigenvalue weighted by atomic mass is 9.87. The predicted molar refractivity (Wildman–Crippen MR) is 374 cm³/mol. The number of nitrogens with zero attached hydrogens (tertiary/aromatic N) is 8. The molecule has 7 heterocycles. The Morgan fingerprint density at radius 3 is 1.84 bits per heavy atom. The van der Waals surface area contributed by atoms with Crippen molar-refractivity contribution in [3.63, 3.8) is 0 Å². The minimum Gasteiger partial charge on any atom is -0.497 e. The van der Waals surface area contributed by atoms with E-state index in [4.69, 9.17) is 93.2 Å². The quantitative estimate of drug-likeness (QED) is 0.0170. The smallest absolute Gasteiger partial charge is 0.497 e. The van der Waals surface area contributed by atoms with Gasteiger partial charge in [0.2, 0.25) is 11.7 Å². The summed E-state index contributed by atoms with van der Waals surface area (Å²) < 4.78 is 122. The van der Waals surface area contributed by atoms with Crippen LogP contribution in [-0.4, -0.2) is 140 Å². The number of carbonyl (C=O) groups excluding carboxylic acids is 2. The van der Waals surface area contributed by atoms with Crippen molar-refractivity contribution in [2.24, 2.45) is 0 Å². The number of fused-ring (bicyclic) bond motifs is 1. The number of ether oxygens (including phenoxy) is 8. The van der Waals surface area contributed by atoms with Crippen molar-refractivity contribution < 1.29 is 93.8 Å². The maximum atomic E-state index is 16.4. The van der Waals surface area contributed by atoms with Gasteiger partial charge in [-0.25, -0.2) is 18.9 Å². The average molecular weight is 1530 g/mol. The SMILES string of the molecule is COc1ccc(C(=O)Nc2ccn([C@@H]3O[C@H](COP(=O)(Oc4ccccc4Cl)O[C@H]4[C@@H](OC5CCCCO5)[C@H](n5cnc6c(Oc7ccccc7[N+](=O)[O-])nc(NC(=O)c7ccc(C(C)(C)C)cc7)nc65)O[C@@H]4CO)[C@@H](OP(=O)(OCCC#N)Oc4ccccc4Cl)[C@H]3OC3CCCCO3)c(=O)n2)cc1. The van der Waals surface area contributed by atoms with Crippen molar-refractivity contribution in [1.29, 1.82) is 5.26 Å². The van der Waals surface area contributed by atoms with Gasteiger partial charge in [0.15, 0.2) is 36.2 Å². The molecule has 12 rings (SSSR count). The first-order valence-corrected chi connectivity index (χ1v) is 37.0. The zero-order valence-electron chi connectivity index (χ0n) is 56.8. The highest BCUT2D eigenvalue weighted by Crippen LogP contribution is 2.58. The highest BCUT2D eigenvalue weighted by atomic mass is 35.5. The topological polar surface area (TPSA) is 387 Å². The number of amides is 2. The number of para-hydroxylation sites is 4. The van der Waals surface area contributed by atoms with Crippen LogP contribution < -0.4 is 34.8 Å². The zero-order chi connectivity index (χ0) is 74.0. The zero-order valence-corrected chi connectivity index (χ0v) is 60.1. The Kier molecular flexibility index (Phi) is 24.4. The molecule has 4 aliphatic rings. The molecule has 4 aliphatic heterocycles. The number of aliphatic hydroxyl groups is 1. The Bertz CT molecular complexity index is 4610. The van der Waals surface area contributed by atoms with E-state index in [1.807, 2.05) is 39.0 Å². The standard InChI is InChI=1S/C69H72Cl2N10O22P2/c1-69(2,3)43-28-24-41(25-29-43)63(84)77-67-76-61-56(64(78-67)95-50-21-10-7-18-47(50)81(86)87)73-40-80(61)66-59(98-54-22-11-13-35-91-54)57(51(38-82)96-66)102-105(89,101-49-20-9-6-17-46(49)71)94-39-52-58(103-104(88,93-37-15-33-72)100-48-19-8-5-16-45(48)70)60(99-55-23-12-14-36-92-55)65(97-52)79-34-32-53(75-68(79)85)74-62(83)42-26-30-44(90-4)31-27-42/h5-10,16-21,24-32,34,40,51-52,54-55,57-60,65-66,82H,11-15,22-23,35-39H2,1-4H3,(H,74,75,83,85)(H,76,77,78,84)/t51-,52-,54?,55?,57-,58-,59-,60-,65-,66-,104?,105?/m1/s1. The third-order valence-electron chi connectivity index (χ3n) is 17.0. The summed E-state index contributed by atoms with van der Waals surface area (Å²) in [5.74, 6) is -2.38. The first kappa shape index (κ1) is 75.8. The van der Waals surface area contributed by atoms with Crippen molar-refractivity contribution in [1.82, 2.24) is 29.1 Å². The number of halogens is 2. The van der Waals surface area contributed by atoms with E-state index >= 15 is 9.13 Å². The number of carbonyl (C=O) groups is 2. The summed E-state index contributed by atoms with van der Waals surface area (Å²) in [7, 11) is -9.07. The Hall–Kier alpha value is -8.84. The van der Waals surface area contributed by atoms with Gasteiger partial charge in [-0.05, 0) is 122 Å². The van der Waals surface area contributed by atoms with E-state index in [9.17, 15) is 34.9 Å². The van der Waals surface area contributed by atoms with Gasteiger partial charge in [0, 0.05) is 36.6 Å². The van der Waals surface area contributed by atoms with Gasteiger partial charge in [-0.1, -0.05) is 92.5 Å². The number of methoxy groups -OCH3 is 1. The monoisotopic (exact) mass is 1520 g/mol. The Labute approximate surface area is 610 Å². The van der Waals surface area contributed by atoms with Crippen molar-refractivity contribution in [2.45, 2.75) is 133 Å². The molecule has 2 amide bonds. The molecule has 0 radical (unpaired) electrons. The number of nitro groups is 1. The highest BCUT2D eigenvalue weighted by Gasteiger charge is 2.56. The van der Waals surface area contributed by atoms with Crippen LogP contribution in [0.4, 0.5) is 17.5 Å². The number of nitro benzene ring substituents is 1. The molecule has 3 aromatic heterocycles. The van der Waals surface area contributed by atoms with Gasteiger partial charge in [-0.3, -0.25) is 52.2 Å². The van der Waals surface area contributed by atoms with E-state index in [1.54, 1.807) is 36.4 Å². The lowest BCUT2D eigenvalue weighted by Gasteiger charge is -2.33. The van der Waals surface area contributed by atoms with Gasteiger partial charge >= 0.3 is 27.0 Å². The van der Waals surface area contributed by atoms with Crippen LogP contribution in [0.3, 0.4) is 0 Å². The second-order valence-corrected chi connectivity index (χ2v) is 29.1. The van der Waals surface area contributed by atoms with Crippen LogP contribution >= 0.6 is 38.8 Å². The number of anilines is 2. The minimum absolute atomic E-state index is 0.0336. The number of aromatic nitrogens is 6. The Balaban J connectivity index is 0.934. The van der Waals surface area contributed by atoms with E-state index in [0.717, 1.165) is 10.1 Å². The van der Waals surface area contributed by atoms with Gasteiger partial charge in [0.25, 0.3) is 17.7 Å². The van der Waals surface area contributed by atoms with Gasteiger partial charge in [0.1, 0.15) is 59.7 Å². The molecule has 4 saturated heterocycles. The number of imidazole rings is 1. The van der Waals surface area contributed by atoms with Gasteiger partial charge in [-0.2, -0.15) is 20.2 Å². The molecule has 0 bridgehead atoms. The van der Waals surface area contributed by atoms with E-state index in [0.29, 0.717) is 44.3 Å².